The van der Waals surface area contributed by atoms with Gasteiger partial charge in [0.1, 0.15) is 12.4 Å². The molecule has 0 spiro atoms. The molecule has 5 heteroatoms. The van der Waals surface area contributed by atoms with E-state index in [0.29, 0.717) is 13.0 Å². The quantitative estimate of drug-likeness (QED) is 0.694. The van der Waals surface area contributed by atoms with Crippen molar-refractivity contribution in [2.75, 3.05) is 6.54 Å². The predicted octanol–water partition coefficient (Wildman–Crippen LogP) is 0.221. The van der Waals surface area contributed by atoms with Gasteiger partial charge in [-0.25, -0.2) is 4.98 Å². The first-order valence-corrected chi connectivity index (χ1v) is 4.35. The zero-order valence-corrected chi connectivity index (χ0v) is 8.03. The van der Waals surface area contributed by atoms with Crippen molar-refractivity contribution in [2.24, 2.45) is 0 Å². The maximum Gasteiger partial charge on any atom is 0.240 e. The third-order valence-electron chi connectivity index (χ3n) is 1.80. The number of carbonyl (C=O) groups is 1. The van der Waals surface area contributed by atoms with Crippen LogP contribution in [0.25, 0.3) is 0 Å². The predicted molar refractivity (Wildman–Crippen MR) is 50.2 cm³/mol. The first-order valence-electron chi connectivity index (χ1n) is 4.35. The number of nitriles is 1. The molecular weight excluding hydrogens is 180 g/mol. The average molecular weight is 192 g/mol. The number of hydrogen-bond donors (Lipinski definition) is 1. The van der Waals surface area contributed by atoms with Crippen molar-refractivity contribution in [3.8, 4) is 6.07 Å². The molecule has 1 N–H and O–H groups in total. The molecule has 0 unspecified atom stereocenters. The number of aryl methyl sites for hydroxylation is 1. The van der Waals surface area contributed by atoms with Gasteiger partial charge >= 0.3 is 0 Å². The van der Waals surface area contributed by atoms with E-state index in [1.807, 2.05) is 13.0 Å². The molecule has 0 atom stereocenters. The normalized spacial score (nSPS) is 9.43. The van der Waals surface area contributed by atoms with Crippen molar-refractivity contribution < 1.29 is 4.79 Å². The summed E-state index contributed by atoms with van der Waals surface area (Å²) in [6.45, 7) is 2.50. The van der Waals surface area contributed by atoms with Crippen molar-refractivity contribution in [3.05, 3.63) is 18.2 Å². The van der Waals surface area contributed by atoms with Crippen LogP contribution in [0.15, 0.2) is 12.4 Å². The largest absolute Gasteiger partial charge is 0.354 e. The van der Waals surface area contributed by atoms with Gasteiger partial charge in [-0.3, -0.25) is 4.79 Å². The second kappa shape index (κ2) is 5.02. The fourth-order valence-corrected chi connectivity index (χ4v) is 1.04. The lowest BCUT2D eigenvalue weighted by atomic mass is 10.4. The molecule has 1 aromatic heterocycles. The summed E-state index contributed by atoms with van der Waals surface area (Å²) in [6.07, 6.45) is 3.74. The lowest BCUT2D eigenvalue weighted by Gasteiger charge is -2.04. The number of hydrogen-bond acceptors (Lipinski definition) is 3. The van der Waals surface area contributed by atoms with Crippen molar-refractivity contribution in [1.29, 1.82) is 5.26 Å². The number of rotatable bonds is 4. The van der Waals surface area contributed by atoms with Crippen molar-refractivity contribution in [1.82, 2.24) is 14.9 Å². The van der Waals surface area contributed by atoms with E-state index in [2.05, 4.69) is 10.3 Å². The van der Waals surface area contributed by atoms with E-state index in [-0.39, 0.29) is 12.5 Å². The summed E-state index contributed by atoms with van der Waals surface area (Å²) in [5, 5.41) is 10.9. The van der Waals surface area contributed by atoms with Crippen LogP contribution in [-0.4, -0.2) is 22.0 Å². The van der Waals surface area contributed by atoms with E-state index >= 15 is 0 Å². The minimum atomic E-state index is -0.0960. The molecule has 0 fully saturated rings. The van der Waals surface area contributed by atoms with Crippen LogP contribution in [0, 0.1) is 18.3 Å². The Morgan fingerprint density at radius 1 is 1.79 bits per heavy atom. The average Bonchev–Trinajstić information content (AvgIpc) is 2.52. The van der Waals surface area contributed by atoms with Crippen molar-refractivity contribution in [3.63, 3.8) is 0 Å². The Morgan fingerprint density at radius 2 is 2.57 bits per heavy atom. The van der Waals surface area contributed by atoms with E-state index < -0.39 is 0 Å². The maximum absolute atomic E-state index is 11.3. The third-order valence-corrected chi connectivity index (χ3v) is 1.80. The Bertz CT molecular complexity index is 350. The Kier molecular flexibility index (Phi) is 3.68. The Hall–Kier alpha value is -1.83. The highest BCUT2D eigenvalue weighted by Crippen LogP contribution is 1.93. The van der Waals surface area contributed by atoms with E-state index in [1.165, 1.54) is 0 Å². The molecular formula is C9H12N4O. The molecule has 74 valence electrons. The SMILES string of the molecule is Cc1nccn1CC(=O)NCCC#N. The van der Waals surface area contributed by atoms with Gasteiger partial charge in [0, 0.05) is 18.9 Å². The molecule has 1 heterocycles. The highest BCUT2D eigenvalue weighted by Gasteiger charge is 2.03. The zero-order chi connectivity index (χ0) is 10.4. The number of imidazole rings is 1. The number of nitrogens with zero attached hydrogens (tertiary/aromatic N) is 3. The molecule has 0 saturated carbocycles. The summed E-state index contributed by atoms with van der Waals surface area (Å²) in [5.74, 6) is 0.710. The second-order valence-electron chi connectivity index (χ2n) is 2.86. The monoisotopic (exact) mass is 192 g/mol. The summed E-state index contributed by atoms with van der Waals surface area (Å²) in [7, 11) is 0. The van der Waals surface area contributed by atoms with Crippen LogP contribution < -0.4 is 5.32 Å². The van der Waals surface area contributed by atoms with E-state index in [4.69, 9.17) is 5.26 Å². The van der Waals surface area contributed by atoms with Gasteiger partial charge < -0.3 is 9.88 Å². The molecule has 14 heavy (non-hydrogen) atoms. The molecule has 0 saturated heterocycles. The molecule has 5 nitrogen and oxygen atoms in total. The van der Waals surface area contributed by atoms with Gasteiger partial charge in [0.25, 0.3) is 0 Å². The molecule has 0 aliphatic carbocycles. The first-order chi connectivity index (χ1) is 6.74. The fourth-order valence-electron chi connectivity index (χ4n) is 1.04. The highest BCUT2D eigenvalue weighted by molar-refractivity contribution is 5.75. The molecule has 1 amide bonds. The van der Waals surface area contributed by atoms with Gasteiger partial charge in [-0.2, -0.15) is 5.26 Å². The number of amides is 1. The minimum absolute atomic E-state index is 0.0960. The topological polar surface area (TPSA) is 70.7 Å². The van der Waals surface area contributed by atoms with Gasteiger partial charge in [-0.15, -0.1) is 0 Å². The van der Waals surface area contributed by atoms with Crippen LogP contribution in [-0.2, 0) is 11.3 Å². The molecule has 0 bridgehead atoms. The van der Waals surface area contributed by atoms with Crippen molar-refractivity contribution in [2.45, 2.75) is 19.9 Å². The van der Waals surface area contributed by atoms with E-state index in [9.17, 15) is 4.79 Å². The first kappa shape index (κ1) is 10.3. The van der Waals surface area contributed by atoms with E-state index in [0.717, 1.165) is 5.82 Å². The van der Waals surface area contributed by atoms with Gasteiger partial charge in [0.05, 0.1) is 12.5 Å². The molecule has 0 aliphatic rings. The van der Waals surface area contributed by atoms with Crippen LogP contribution >= 0.6 is 0 Å². The van der Waals surface area contributed by atoms with Crippen molar-refractivity contribution >= 4 is 5.91 Å². The maximum atomic E-state index is 11.3. The van der Waals surface area contributed by atoms with Crippen LogP contribution in [0.4, 0.5) is 0 Å². The summed E-state index contributed by atoms with van der Waals surface area (Å²) < 4.78 is 1.75. The summed E-state index contributed by atoms with van der Waals surface area (Å²) >= 11 is 0. The van der Waals surface area contributed by atoms with Crippen LogP contribution in [0.3, 0.4) is 0 Å². The van der Waals surface area contributed by atoms with Crippen LogP contribution in [0.2, 0.25) is 0 Å². The lowest BCUT2D eigenvalue weighted by Crippen LogP contribution is -2.28. The fraction of sp³-hybridized carbons (Fsp3) is 0.444. The molecule has 0 aliphatic heterocycles. The van der Waals surface area contributed by atoms with E-state index in [1.54, 1.807) is 17.0 Å². The number of carbonyl (C=O) groups excluding carboxylic acids is 1. The lowest BCUT2D eigenvalue weighted by molar-refractivity contribution is -0.121. The van der Waals surface area contributed by atoms with Gasteiger partial charge in [0.2, 0.25) is 5.91 Å². The van der Waals surface area contributed by atoms with Crippen LogP contribution in [0.5, 0.6) is 0 Å². The van der Waals surface area contributed by atoms with Crippen LogP contribution in [0.1, 0.15) is 12.2 Å². The number of nitrogens with one attached hydrogen (secondary N) is 1. The second-order valence-corrected chi connectivity index (χ2v) is 2.86. The Balaban J connectivity index is 2.35. The standard InChI is InChI=1S/C9H12N4O/c1-8-11-5-6-13(8)7-9(14)12-4-2-3-10/h5-6H,2,4,7H2,1H3,(H,12,14). The van der Waals surface area contributed by atoms with Gasteiger partial charge in [0.15, 0.2) is 0 Å². The Labute approximate surface area is 82.4 Å². The zero-order valence-electron chi connectivity index (χ0n) is 8.03. The smallest absolute Gasteiger partial charge is 0.240 e. The number of aromatic nitrogens is 2. The minimum Gasteiger partial charge on any atom is -0.354 e. The molecule has 0 aromatic carbocycles. The summed E-state index contributed by atoms with van der Waals surface area (Å²) in [5.41, 5.74) is 0. The summed E-state index contributed by atoms with van der Waals surface area (Å²) in [4.78, 5) is 15.3. The molecule has 1 rings (SSSR count). The Morgan fingerprint density at radius 3 is 3.14 bits per heavy atom. The summed E-state index contributed by atoms with van der Waals surface area (Å²) in [6, 6.07) is 1.96. The van der Waals surface area contributed by atoms with Gasteiger partial charge in [-0.05, 0) is 6.92 Å². The molecule has 0 radical (unpaired) electrons. The third kappa shape index (κ3) is 2.90. The highest BCUT2D eigenvalue weighted by atomic mass is 16.1. The van der Waals surface area contributed by atoms with Gasteiger partial charge in [-0.1, -0.05) is 0 Å². The molecule has 1 aromatic rings.